The SMILES string of the molecule is Cc1csc(SCc2c(C(=O)Nc3cccc(F)c3F)oc3ccccc23)n1. The van der Waals surface area contributed by atoms with Crippen LogP contribution in [0.15, 0.2) is 56.6 Å². The average molecular weight is 416 g/mol. The van der Waals surface area contributed by atoms with Gasteiger partial charge in [0, 0.05) is 27.8 Å². The smallest absolute Gasteiger partial charge is 0.291 e. The molecule has 0 aliphatic heterocycles. The van der Waals surface area contributed by atoms with Gasteiger partial charge in [-0.2, -0.15) is 0 Å². The Hall–Kier alpha value is -2.71. The maximum absolute atomic E-state index is 13.9. The van der Waals surface area contributed by atoms with Crippen molar-refractivity contribution in [1.82, 2.24) is 4.98 Å². The molecule has 0 aliphatic carbocycles. The molecule has 2 aromatic carbocycles. The van der Waals surface area contributed by atoms with Crippen LogP contribution in [-0.4, -0.2) is 10.9 Å². The van der Waals surface area contributed by atoms with Crippen molar-refractivity contribution < 1.29 is 18.0 Å². The summed E-state index contributed by atoms with van der Waals surface area (Å²) in [7, 11) is 0. The molecule has 0 unspecified atom stereocenters. The summed E-state index contributed by atoms with van der Waals surface area (Å²) in [6, 6.07) is 10.9. The van der Waals surface area contributed by atoms with E-state index in [0.29, 0.717) is 16.9 Å². The lowest BCUT2D eigenvalue weighted by Crippen LogP contribution is -2.14. The van der Waals surface area contributed by atoms with Gasteiger partial charge in [0.15, 0.2) is 17.4 Å². The number of rotatable bonds is 5. The number of fused-ring (bicyclic) bond motifs is 1. The molecule has 1 N–H and O–H groups in total. The first-order valence-corrected chi connectivity index (χ1v) is 10.2. The molecular weight excluding hydrogens is 402 g/mol. The Morgan fingerprint density at radius 1 is 1.21 bits per heavy atom. The number of thiazole rings is 1. The molecule has 0 saturated carbocycles. The summed E-state index contributed by atoms with van der Waals surface area (Å²) in [6.45, 7) is 1.92. The number of nitrogens with zero attached hydrogens (tertiary/aromatic N) is 1. The number of thioether (sulfide) groups is 1. The number of aryl methyl sites for hydroxylation is 1. The van der Waals surface area contributed by atoms with Gasteiger partial charge in [-0.25, -0.2) is 13.8 Å². The minimum absolute atomic E-state index is 0.0747. The molecule has 4 rings (SSSR count). The van der Waals surface area contributed by atoms with Crippen LogP contribution in [0.4, 0.5) is 14.5 Å². The zero-order chi connectivity index (χ0) is 19.7. The van der Waals surface area contributed by atoms with E-state index >= 15 is 0 Å². The third kappa shape index (κ3) is 3.65. The maximum Gasteiger partial charge on any atom is 0.291 e. The molecule has 0 saturated heterocycles. The zero-order valence-electron chi connectivity index (χ0n) is 14.7. The topological polar surface area (TPSA) is 55.1 Å². The minimum atomic E-state index is -1.11. The highest BCUT2D eigenvalue weighted by Gasteiger charge is 2.22. The number of hydrogen-bond donors (Lipinski definition) is 1. The average Bonchev–Trinajstić information content (AvgIpc) is 3.27. The van der Waals surface area contributed by atoms with Gasteiger partial charge >= 0.3 is 0 Å². The zero-order valence-corrected chi connectivity index (χ0v) is 16.3. The van der Waals surface area contributed by atoms with E-state index in [1.165, 1.54) is 35.2 Å². The van der Waals surface area contributed by atoms with Crippen LogP contribution in [0.25, 0.3) is 11.0 Å². The normalized spacial score (nSPS) is 11.1. The molecular formula is C20H14F2N2O2S2. The Bertz CT molecular complexity index is 1170. The number of para-hydroxylation sites is 1. The van der Waals surface area contributed by atoms with Crippen molar-refractivity contribution >= 4 is 45.7 Å². The summed E-state index contributed by atoms with van der Waals surface area (Å²) in [6.07, 6.45) is 0. The second kappa shape index (κ2) is 7.73. The second-order valence-electron chi connectivity index (χ2n) is 6.00. The molecule has 8 heteroatoms. The van der Waals surface area contributed by atoms with E-state index in [9.17, 15) is 13.6 Å². The predicted molar refractivity (Wildman–Crippen MR) is 107 cm³/mol. The number of amides is 1. The fourth-order valence-corrected chi connectivity index (χ4v) is 4.61. The van der Waals surface area contributed by atoms with Crippen molar-refractivity contribution in [2.75, 3.05) is 5.32 Å². The van der Waals surface area contributed by atoms with Crippen molar-refractivity contribution in [2.45, 2.75) is 17.0 Å². The van der Waals surface area contributed by atoms with Crippen LogP contribution in [0.3, 0.4) is 0 Å². The van der Waals surface area contributed by atoms with Gasteiger partial charge in [-0.3, -0.25) is 4.79 Å². The molecule has 0 aliphatic rings. The van der Waals surface area contributed by atoms with Crippen molar-refractivity contribution in [3.05, 3.63) is 76.5 Å². The summed E-state index contributed by atoms with van der Waals surface area (Å²) in [4.78, 5) is 17.2. The lowest BCUT2D eigenvalue weighted by atomic mass is 10.1. The number of hydrogen-bond acceptors (Lipinski definition) is 5. The Kier molecular flexibility index (Phi) is 5.15. The Balaban J connectivity index is 1.67. The molecule has 0 bridgehead atoms. The number of carbonyl (C=O) groups excluding carboxylic acids is 1. The fourth-order valence-electron chi connectivity index (χ4n) is 2.74. The molecule has 0 spiro atoms. The summed E-state index contributed by atoms with van der Waals surface area (Å²) in [5.41, 5.74) is 1.93. The molecule has 4 nitrogen and oxygen atoms in total. The van der Waals surface area contributed by atoms with Gasteiger partial charge in [-0.15, -0.1) is 11.3 Å². The van der Waals surface area contributed by atoms with Crippen LogP contribution >= 0.6 is 23.1 Å². The van der Waals surface area contributed by atoms with Crippen molar-refractivity contribution in [3.8, 4) is 0 Å². The van der Waals surface area contributed by atoms with Gasteiger partial charge in [0.1, 0.15) is 9.92 Å². The number of aromatic nitrogens is 1. The molecule has 0 fully saturated rings. The molecule has 0 atom stereocenters. The molecule has 28 heavy (non-hydrogen) atoms. The Morgan fingerprint density at radius 2 is 2.04 bits per heavy atom. The van der Waals surface area contributed by atoms with Gasteiger partial charge in [-0.05, 0) is 25.1 Å². The van der Waals surface area contributed by atoms with Crippen LogP contribution in [0, 0.1) is 18.6 Å². The number of carbonyl (C=O) groups is 1. The van der Waals surface area contributed by atoms with Crippen molar-refractivity contribution in [1.29, 1.82) is 0 Å². The van der Waals surface area contributed by atoms with Crippen LogP contribution < -0.4 is 5.32 Å². The van der Waals surface area contributed by atoms with E-state index < -0.39 is 17.5 Å². The van der Waals surface area contributed by atoms with E-state index in [-0.39, 0.29) is 11.4 Å². The summed E-state index contributed by atoms with van der Waals surface area (Å²) in [5.74, 6) is -2.24. The van der Waals surface area contributed by atoms with Crippen LogP contribution in [0.1, 0.15) is 21.8 Å². The summed E-state index contributed by atoms with van der Waals surface area (Å²) < 4.78 is 34.0. The first-order valence-electron chi connectivity index (χ1n) is 8.33. The molecule has 142 valence electrons. The number of benzene rings is 2. The van der Waals surface area contributed by atoms with E-state index in [4.69, 9.17) is 4.42 Å². The quantitative estimate of drug-likeness (QED) is 0.404. The highest BCUT2D eigenvalue weighted by atomic mass is 32.2. The van der Waals surface area contributed by atoms with Crippen LogP contribution in [0.2, 0.25) is 0 Å². The first-order chi connectivity index (χ1) is 13.5. The number of halogens is 2. The van der Waals surface area contributed by atoms with Crippen LogP contribution in [-0.2, 0) is 5.75 Å². The second-order valence-corrected chi connectivity index (χ2v) is 8.09. The van der Waals surface area contributed by atoms with E-state index in [2.05, 4.69) is 10.3 Å². The van der Waals surface area contributed by atoms with E-state index in [1.807, 2.05) is 24.4 Å². The van der Waals surface area contributed by atoms with Gasteiger partial charge in [0.2, 0.25) is 0 Å². The lowest BCUT2D eigenvalue weighted by molar-refractivity contribution is 0.0997. The van der Waals surface area contributed by atoms with E-state index in [0.717, 1.165) is 21.5 Å². The highest BCUT2D eigenvalue weighted by molar-refractivity contribution is 8.00. The van der Waals surface area contributed by atoms with Gasteiger partial charge in [-0.1, -0.05) is 36.0 Å². The minimum Gasteiger partial charge on any atom is -0.451 e. The van der Waals surface area contributed by atoms with Gasteiger partial charge < -0.3 is 9.73 Å². The monoisotopic (exact) mass is 416 g/mol. The van der Waals surface area contributed by atoms with Gasteiger partial charge in [0.05, 0.1) is 5.69 Å². The molecule has 4 aromatic rings. The Labute approximate surface area is 167 Å². The van der Waals surface area contributed by atoms with E-state index in [1.54, 1.807) is 12.1 Å². The lowest BCUT2D eigenvalue weighted by Gasteiger charge is -2.06. The first kappa shape index (κ1) is 18.6. The molecule has 2 heterocycles. The summed E-state index contributed by atoms with van der Waals surface area (Å²) >= 11 is 3.02. The molecule has 1 amide bonds. The van der Waals surface area contributed by atoms with Crippen molar-refractivity contribution in [3.63, 3.8) is 0 Å². The third-order valence-electron chi connectivity index (χ3n) is 4.04. The third-order valence-corrected chi connectivity index (χ3v) is 6.21. The number of anilines is 1. The number of nitrogens with one attached hydrogen (secondary N) is 1. The van der Waals surface area contributed by atoms with Crippen molar-refractivity contribution in [2.24, 2.45) is 0 Å². The van der Waals surface area contributed by atoms with Gasteiger partial charge in [0.25, 0.3) is 5.91 Å². The highest BCUT2D eigenvalue weighted by Crippen LogP contribution is 2.33. The predicted octanol–water partition coefficient (Wildman–Crippen LogP) is 6.02. The standard InChI is InChI=1S/C20H14F2N2O2S2/c1-11-9-27-20(23-11)28-10-13-12-5-2-3-8-16(12)26-18(13)19(25)24-15-7-4-6-14(21)17(15)22/h2-9H,10H2,1H3,(H,24,25). The molecule has 0 radical (unpaired) electrons. The van der Waals surface area contributed by atoms with Crippen LogP contribution in [0.5, 0.6) is 0 Å². The fraction of sp³-hybridized carbons (Fsp3) is 0.100. The summed E-state index contributed by atoms with van der Waals surface area (Å²) in [5, 5.41) is 5.15. The molecule has 2 aromatic heterocycles. The number of furan rings is 1. The Morgan fingerprint density at radius 3 is 2.82 bits per heavy atom. The largest absolute Gasteiger partial charge is 0.451 e. The maximum atomic E-state index is 13.9.